The molecule has 0 aliphatic carbocycles. The summed E-state index contributed by atoms with van der Waals surface area (Å²) in [7, 11) is 0. The van der Waals surface area contributed by atoms with Gasteiger partial charge in [0.1, 0.15) is 6.61 Å². The number of hydrogen-bond donors (Lipinski definition) is 0. The van der Waals surface area contributed by atoms with Gasteiger partial charge >= 0.3 is 0 Å². The monoisotopic (exact) mass is 625 g/mol. The van der Waals surface area contributed by atoms with E-state index in [0.29, 0.717) is 60.3 Å². The molecular formula is C26H19BrCl3NO4S. The fourth-order valence-corrected chi connectivity index (χ4v) is 5.28. The van der Waals surface area contributed by atoms with Crippen LogP contribution in [0.25, 0.3) is 6.08 Å². The maximum Gasteiger partial charge on any atom is 0.293 e. The average Bonchev–Trinajstić information content (AvgIpc) is 3.09. The second-order valence-corrected chi connectivity index (χ2v) is 10.8. The molecule has 0 atom stereocenters. The molecule has 5 nitrogen and oxygen atoms in total. The van der Waals surface area contributed by atoms with Gasteiger partial charge in [-0.05, 0) is 93.8 Å². The van der Waals surface area contributed by atoms with Gasteiger partial charge in [-0.1, -0.05) is 53.0 Å². The summed E-state index contributed by atoms with van der Waals surface area (Å²) in [6.45, 7) is 2.72. The molecule has 1 aliphatic heterocycles. The van der Waals surface area contributed by atoms with Gasteiger partial charge in [0, 0.05) is 5.02 Å². The maximum atomic E-state index is 13.0. The highest BCUT2D eigenvalue weighted by atomic mass is 79.9. The number of carbonyl (C=O) groups excluding carboxylic acids is 2. The quantitative estimate of drug-likeness (QED) is 0.234. The van der Waals surface area contributed by atoms with Crippen LogP contribution in [0.4, 0.5) is 4.79 Å². The van der Waals surface area contributed by atoms with Crippen molar-refractivity contribution in [3.05, 3.63) is 95.7 Å². The van der Waals surface area contributed by atoms with Crippen LogP contribution in [0.2, 0.25) is 15.1 Å². The van der Waals surface area contributed by atoms with E-state index in [9.17, 15) is 9.59 Å². The molecule has 1 aliphatic rings. The first kappa shape index (κ1) is 26.9. The average molecular weight is 628 g/mol. The third kappa shape index (κ3) is 6.39. The van der Waals surface area contributed by atoms with Gasteiger partial charge in [0.25, 0.3) is 11.1 Å². The van der Waals surface area contributed by atoms with Crippen LogP contribution in [0.5, 0.6) is 11.5 Å². The van der Waals surface area contributed by atoms with Crippen molar-refractivity contribution in [3.63, 3.8) is 0 Å². The zero-order valence-corrected chi connectivity index (χ0v) is 23.6. The lowest BCUT2D eigenvalue weighted by Gasteiger charge is -2.15. The van der Waals surface area contributed by atoms with E-state index in [1.807, 2.05) is 25.1 Å². The Kier molecular flexibility index (Phi) is 8.91. The highest BCUT2D eigenvalue weighted by molar-refractivity contribution is 9.10. The maximum absolute atomic E-state index is 13.0. The molecule has 2 amide bonds. The van der Waals surface area contributed by atoms with E-state index in [0.717, 1.165) is 17.3 Å². The molecule has 0 radical (unpaired) electrons. The summed E-state index contributed by atoms with van der Waals surface area (Å²) in [4.78, 5) is 27.1. The van der Waals surface area contributed by atoms with Crippen LogP contribution in [-0.2, 0) is 17.9 Å². The van der Waals surface area contributed by atoms with E-state index in [4.69, 9.17) is 44.3 Å². The number of rotatable bonds is 8. The number of hydrogen-bond acceptors (Lipinski definition) is 5. The van der Waals surface area contributed by atoms with Crippen LogP contribution < -0.4 is 9.47 Å². The molecule has 0 bridgehead atoms. The Morgan fingerprint density at radius 3 is 2.36 bits per heavy atom. The Morgan fingerprint density at radius 1 is 0.944 bits per heavy atom. The van der Waals surface area contributed by atoms with Crippen LogP contribution in [0.1, 0.15) is 23.6 Å². The van der Waals surface area contributed by atoms with Crippen molar-refractivity contribution >= 4 is 79.7 Å². The summed E-state index contributed by atoms with van der Waals surface area (Å²) >= 11 is 22.4. The Hall–Kier alpha value is -2.16. The van der Waals surface area contributed by atoms with Gasteiger partial charge in [0.05, 0.1) is 32.6 Å². The number of nitrogens with zero attached hydrogens (tertiary/aromatic N) is 1. The Morgan fingerprint density at radius 2 is 1.67 bits per heavy atom. The van der Waals surface area contributed by atoms with Crippen molar-refractivity contribution in [3.8, 4) is 11.5 Å². The van der Waals surface area contributed by atoms with Crippen LogP contribution in [0.3, 0.4) is 0 Å². The lowest BCUT2D eigenvalue weighted by molar-refractivity contribution is -0.123. The Bertz CT molecular complexity index is 1350. The van der Waals surface area contributed by atoms with Gasteiger partial charge in [-0.25, -0.2) is 0 Å². The Balaban J connectivity index is 1.54. The third-order valence-corrected chi connectivity index (χ3v) is 7.61. The number of amides is 2. The van der Waals surface area contributed by atoms with E-state index in [-0.39, 0.29) is 17.7 Å². The highest BCUT2D eigenvalue weighted by Crippen LogP contribution is 2.40. The van der Waals surface area contributed by atoms with E-state index < -0.39 is 0 Å². The molecule has 36 heavy (non-hydrogen) atoms. The highest BCUT2D eigenvalue weighted by Gasteiger charge is 2.35. The topological polar surface area (TPSA) is 55.8 Å². The predicted molar refractivity (Wildman–Crippen MR) is 149 cm³/mol. The van der Waals surface area contributed by atoms with Gasteiger partial charge in [-0.2, -0.15) is 0 Å². The zero-order valence-electron chi connectivity index (χ0n) is 18.9. The largest absolute Gasteiger partial charge is 0.490 e. The van der Waals surface area contributed by atoms with Gasteiger partial charge < -0.3 is 9.47 Å². The molecule has 1 fully saturated rings. The molecule has 3 aromatic carbocycles. The van der Waals surface area contributed by atoms with Crippen molar-refractivity contribution in [2.24, 2.45) is 0 Å². The van der Waals surface area contributed by atoms with Gasteiger partial charge in [0.15, 0.2) is 11.5 Å². The molecule has 1 heterocycles. The summed E-state index contributed by atoms with van der Waals surface area (Å²) in [6.07, 6.45) is 1.66. The molecule has 4 rings (SSSR count). The van der Waals surface area contributed by atoms with Crippen LogP contribution in [-0.4, -0.2) is 22.7 Å². The van der Waals surface area contributed by atoms with E-state index >= 15 is 0 Å². The predicted octanol–water partition coefficient (Wildman–Crippen LogP) is 8.62. The normalized spacial score (nSPS) is 14.6. The first-order chi connectivity index (χ1) is 17.2. The molecule has 10 heteroatoms. The van der Waals surface area contributed by atoms with Crippen LogP contribution in [0.15, 0.2) is 64.0 Å². The molecule has 0 saturated carbocycles. The third-order valence-electron chi connectivity index (χ3n) is 5.12. The van der Waals surface area contributed by atoms with Crippen molar-refractivity contribution < 1.29 is 19.1 Å². The minimum absolute atomic E-state index is 0.101. The van der Waals surface area contributed by atoms with E-state index in [1.54, 1.807) is 42.5 Å². The molecular weight excluding hydrogens is 609 g/mol. The first-order valence-corrected chi connectivity index (χ1v) is 13.5. The smallest absolute Gasteiger partial charge is 0.293 e. The minimum Gasteiger partial charge on any atom is -0.490 e. The van der Waals surface area contributed by atoms with E-state index in [2.05, 4.69) is 15.9 Å². The number of halogens is 4. The van der Waals surface area contributed by atoms with Crippen molar-refractivity contribution in [2.75, 3.05) is 6.61 Å². The fourth-order valence-electron chi connectivity index (χ4n) is 3.42. The SMILES string of the molecule is CCOc1cc(/C=C2/SC(=O)N(Cc3ccc(Cl)c(Cl)c3)C2=O)cc(Br)c1OCc1ccc(Cl)cc1. The second-order valence-electron chi connectivity index (χ2n) is 7.69. The number of ether oxygens (including phenoxy) is 2. The number of benzene rings is 3. The fraction of sp³-hybridized carbons (Fsp3) is 0.154. The second kappa shape index (κ2) is 11.9. The molecule has 0 aromatic heterocycles. The zero-order chi connectivity index (χ0) is 25.8. The Labute approximate surface area is 236 Å². The van der Waals surface area contributed by atoms with Gasteiger partial charge in [-0.3, -0.25) is 14.5 Å². The standard InChI is InChI=1S/C26H19BrCl3NO4S/c1-2-34-22-11-17(9-19(27)24(22)35-14-15-3-6-18(28)7-4-15)12-23-25(32)31(26(33)36-23)13-16-5-8-20(29)21(30)10-16/h3-12H,2,13-14H2,1H3/b23-12+. The number of imide groups is 1. The van der Waals surface area contributed by atoms with Crippen molar-refractivity contribution in [1.82, 2.24) is 4.90 Å². The summed E-state index contributed by atoms with van der Waals surface area (Å²) < 4.78 is 12.5. The summed E-state index contributed by atoms with van der Waals surface area (Å²) in [5.41, 5.74) is 2.34. The lowest BCUT2D eigenvalue weighted by Crippen LogP contribution is -2.27. The molecule has 186 valence electrons. The van der Waals surface area contributed by atoms with E-state index in [1.165, 1.54) is 4.90 Å². The van der Waals surface area contributed by atoms with Crippen molar-refractivity contribution in [2.45, 2.75) is 20.1 Å². The number of carbonyl (C=O) groups is 2. The van der Waals surface area contributed by atoms with Gasteiger partial charge in [-0.15, -0.1) is 0 Å². The minimum atomic E-state index is -0.381. The summed E-state index contributed by atoms with van der Waals surface area (Å²) in [5, 5.41) is 1.07. The van der Waals surface area contributed by atoms with Crippen LogP contribution >= 0.6 is 62.5 Å². The van der Waals surface area contributed by atoms with Crippen molar-refractivity contribution in [1.29, 1.82) is 0 Å². The molecule has 0 unspecified atom stereocenters. The molecule has 0 spiro atoms. The lowest BCUT2D eigenvalue weighted by atomic mass is 10.1. The first-order valence-electron chi connectivity index (χ1n) is 10.8. The van der Waals surface area contributed by atoms with Crippen LogP contribution in [0, 0.1) is 0 Å². The van der Waals surface area contributed by atoms with Gasteiger partial charge in [0.2, 0.25) is 0 Å². The molecule has 1 saturated heterocycles. The molecule has 0 N–H and O–H groups in total. The number of thioether (sulfide) groups is 1. The summed E-state index contributed by atoms with van der Waals surface area (Å²) in [5.74, 6) is 0.673. The molecule has 3 aromatic rings. The summed E-state index contributed by atoms with van der Waals surface area (Å²) in [6, 6.07) is 16.0.